The van der Waals surface area contributed by atoms with Crippen molar-refractivity contribution < 1.29 is 9.59 Å². The van der Waals surface area contributed by atoms with Gasteiger partial charge in [0.2, 0.25) is 11.8 Å². The van der Waals surface area contributed by atoms with Crippen molar-refractivity contribution >= 4 is 35.0 Å². The van der Waals surface area contributed by atoms with Gasteiger partial charge < -0.3 is 10.6 Å². The molecule has 4 nitrogen and oxygen atoms in total. The molecular formula is C18H20N2O2S. The normalized spacial score (nSPS) is 10.1. The third-order valence-electron chi connectivity index (χ3n) is 3.04. The first kappa shape index (κ1) is 17.1. The predicted molar refractivity (Wildman–Crippen MR) is 95.8 cm³/mol. The Bertz CT molecular complexity index is 642. The van der Waals surface area contributed by atoms with Gasteiger partial charge in [-0.1, -0.05) is 25.1 Å². The smallest absolute Gasteiger partial charge is 0.234 e. The largest absolute Gasteiger partial charge is 0.326 e. The molecule has 23 heavy (non-hydrogen) atoms. The van der Waals surface area contributed by atoms with Crippen LogP contribution in [0.1, 0.15) is 19.8 Å². The third-order valence-corrected chi connectivity index (χ3v) is 4.05. The number of nitrogens with one attached hydrogen (secondary N) is 2. The van der Waals surface area contributed by atoms with Crippen molar-refractivity contribution in [2.75, 3.05) is 16.4 Å². The number of hydrogen-bond acceptors (Lipinski definition) is 3. The van der Waals surface area contributed by atoms with Crippen LogP contribution in [0.2, 0.25) is 0 Å². The fourth-order valence-electron chi connectivity index (χ4n) is 1.95. The van der Waals surface area contributed by atoms with Gasteiger partial charge in [-0.3, -0.25) is 9.59 Å². The van der Waals surface area contributed by atoms with Crippen LogP contribution in [0.5, 0.6) is 0 Å². The van der Waals surface area contributed by atoms with Gasteiger partial charge in [0.25, 0.3) is 0 Å². The van der Waals surface area contributed by atoms with Crippen LogP contribution in [0.3, 0.4) is 0 Å². The number of anilines is 2. The molecule has 2 N–H and O–H groups in total. The van der Waals surface area contributed by atoms with Crippen LogP contribution in [0.25, 0.3) is 0 Å². The van der Waals surface area contributed by atoms with E-state index in [2.05, 4.69) is 10.6 Å². The Morgan fingerprint density at radius 3 is 2.13 bits per heavy atom. The SMILES string of the molecule is CCCC(=O)Nc1ccc(SCC(=O)Nc2ccccc2)cc1. The molecule has 0 aliphatic heterocycles. The van der Waals surface area contributed by atoms with Crippen molar-refractivity contribution in [2.45, 2.75) is 24.7 Å². The summed E-state index contributed by atoms with van der Waals surface area (Å²) in [6.45, 7) is 1.97. The number of hydrogen-bond donors (Lipinski definition) is 2. The Hall–Kier alpha value is -2.27. The van der Waals surface area contributed by atoms with E-state index in [0.717, 1.165) is 22.7 Å². The summed E-state index contributed by atoms with van der Waals surface area (Å²) in [5, 5.41) is 5.69. The van der Waals surface area contributed by atoms with Crippen LogP contribution < -0.4 is 10.6 Å². The van der Waals surface area contributed by atoms with E-state index in [1.807, 2.05) is 61.5 Å². The van der Waals surface area contributed by atoms with Gasteiger partial charge in [-0.2, -0.15) is 0 Å². The molecule has 0 atom stereocenters. The van der Waals surface area contributed by atoms with Crippen molar-refractivity contribution in [3.05, 3.63) is 54.6 Å². The van der Waals surface area contributed by atoms with E-state index in [1.165, 1.54) is 11.8 Å². The predicted octanol–water partition coefficient (Wildman–Crippen LogP) is 4.16. The number of amides is 2. The summed E-state index contributed by atoms with van der Waals surface area (Å²) < 4.78 is 0. The highest BCUT2D eigenvalue weighted by molar-refractivity contribution is 8.00. The Morgan fingerprint density at radius 1 is 0.870 bits per heavy atom. The summed E-state index contributed by atoms with van der Waals surface area (Å²) in [6.07, 6.45) is 1.35. The molecule has 2 aromatic carbocycles. The first-order valence-corrected chi connectivity index (χ1v) is 8.53. The Kier molecular flexibility index (Phi) is 6.69. The molecule has 2 rings (SSSR count). The molecular weight excluding hydrogens is 308 g/mol. The number of para-hydroxylation sites is 1. The van der Waals surface area contributed by atoms with Crippen molar-refractivity contribution in [3.63, 3.8) is 0 Å². The van der Waals surface area contributed by atoms with Crippen LogP contribution >= 0.6 is 11.8 Å². The van der Waals surface area contributed by atoms with Crippen LogP contribution in [0.4, 0.5) is 11.4 Å². The molecule has 0 aromatic heterocycles. The molecule has 5 heteroatoms. The molecule has 2 aromatic rings. The molecule has 0 bridgehead atoms. The third kappa shape index (κ3) is 6.16. The summed E-state index contributed by atoms with van der Waals surface area (Å²) >= 11 is 1.46. The summed E-state index contributed by atoms with van der Waals surface area (Å²) in [5.74, 6) is 0.327. The zero-order chi connectivity index (χ0) is 16.5. The summed E-state index contributed by atoms with van der Waals surface area (Å²) in [6, 6.07) is 16.9. The van der Waals surface area contributed by atoms with Crippen molar-refractivity contribution in [1.29, 1.82) is 0 Å². The van der Waals surface area contributed by atoms with Crippen molar-refractivity contribution in [1.82, 2.24) is 0 Å². The van der Waals surface area contributed by atoms with Gasteiger partial charge in [0, 0.05) is 22.7 Å². The monoisotopic (exact) mass is 328 g/mol. The first-order valence-electron chi connectivity index (χ1n) is 7.55. The van der Waals surface area contributed by atoms with Gasteiger partial charge in [0.15, 0.2) is 0 Å². The van der Waals surface area contributed by atoms with Gasteiger partial charge in [0.05, 0.1) is 5.75 Å². The lowest BCUT2D eigenvalue weighted by molar-refractivity contribution is -0.116. The maximum absolute atomic E-state index is 11.9. The topological polar surface area (TPSA) is 58.2 Å². The number of rotatable bonds is 7. The standard InChI is InChI=1S/C18H20N2O2S/c1-2-6-17(21)19-15-9-11-16(12-10-15)23-13-18(22)20-14-7-4-3-5-8-14/h3-5,7-12H,2,6,13H2,1H3,(H,19,21)(H,20,22). The highest BCUT2D eigenvalue weighted by Gasteiger charge is 2.04. The average molecular weight is 328 g/mol. The minimum atomic E-state index is -0.0403. The fraction of sp³-hybridized carbons (Fsp3) is 0.222. The van der Waals surface area contributed by atoms with E-state index < -0.39 is 0 Å². The van der Waals surface area contributed by atoms with Crippen LogP contribution in [-0.4, -0.2) is 17.6 Å². The van der Waals surface area contributed by atoms with E-state index in [0.29, 0.717) is 12.2 Å². The van der Waals surface area contributed by atoms with E-state index in [-0.39, 0.29) is 11.8 Å². The van der Waals surface area contributed by atoms with Crippen molar-refractivity contribution in [3.8, 4) is 0 Å². The van der Waals surface area contributed by atoms with E-state index in [1.54, 1.807) is 0 Å². The van der Waals surface area contributed by atoms with Gasteiger partial charge in [-0.25, -0.2) is 0 Å². The zero-order valence-electron chi connectivity index (χ0n) is 13.0. The molecule has 120 valence electrons. The van der Waals surface area contributed by atoms with E-state index >= 15 is 0 Å². The van der Waals surface area contributed by atoms with Gasteiger partial charge >= 0.3 is 0 Å². The highest BCUT2D eigenvalue weighted by Crippen LogP contribution is 2.20. The minimum absolute atomic E-state index is 0.0233. The molecule has 0 aliphatic carbocycles. The van der Waals surface area contributed by atoms with E-state index in [9.17, 15) is 9.59 Å². The van der Waals surface area contributed by atoms with Crippen LogP contribution in [-0.2, 0) is 9.59 Å². The molecule has 0 spiro atoms. The number of benzene rings is 2. The molecule has 0 radical (unpaired) electrons. The summed E-state index contributed by atoms with van der Waals surface area (Å²) in [5.41, 5.74) is 1.58. The lowest BCUT2D eigenvalue weighted by Crippen LogP contribution is -2.13. The molecule has 0 heterocycles. The molecule has 0 saturated heterocycles. The Balaban J connectivity index is 1.79. The molecule has 2 amide bonds. The van der Waals surface area contributed by atoms with Gasteiger partial charge in [-0.15, -0.1) is 11.8 Å². The molecule has 0 unspecified atom stereocenters. The van der Waals surface area contributed by atoms with Crippen LogP contribution in [0.15, 0.2) is 59.5 Å². The van der Waals surface area contributed by atoms with E-state index in [4.69, 9.17) is 0 Å². The highest BCUT2D eigenvalue weighted by atomic mass is 32.2. The van der Waals surface area contributed by atoms with Gasteiger partial charge in [-0.05, 0) is 42.8 Å². The number of carbonyl (C=O) groups is 2. The fourth-order valence-corrected chi connectivity index (χ4v) is 2.65. The lowest BCUT2D eigenvalue weighted by Gasteiger charge is -2.07. The lowest BCUT2D eigenvalue weighted by atomic mass is 10.3. The second-order valence-corrected chi connectivity index (χ2v) is 6.07. The van der Waals surface area contributed by atoms with Crippen molar-refractivity contribution in [2.24, 2.45) is 0 Å². The van der Waals surface area contributed by atoms with Gasteiger partial charge in [0.1, 0.15) is 0 Å². The maximum atomic E-state index is 11.9. The quantitative estimate of drug-likeness (QED) is 0.751. The summed E-state index contributed by atoms with van der Waals surface area (Å²) in [7, 11) is 0. The maximum Gasteiger partial charge on any atom is 0.234 e. The Labute approximate surface area is 140 Å². The Morgan fingerprint density at radius 2 is 1.48 bits per heavy atom. The first-order chi connectivity index (χ1) is 11.2. The minimum Gasteiger partial charge on any atom is -0.326 e. The summed E-state index contributed by atoms with van der Waals surface area (Å²) in [4.78, 5) is 24.4. The number of thioether (sulfide) groups is 1. The zero-order valence-corrected chi connectivity index (χ0v) is 13.9. The average Bonchev–Trinajstić information content (AvgIpc) is 2.55. The second kappa shape index (κ2) is 9.00. The molecule has 0 saturated carbocycles. The second-order valence-electron chi connectivity index (χ2n) is 5.03. The molecule has 0 aliphatic rings. The molecule has 0 fully saturated rings. The number of carbonyl (C=O) groups excluding carboxylic acids is 2. The van der Waals surface area contributed by atoms with Crippen LogP contribution in [0, 0.1) is 0 Å².